The van der Waals surface area contributed by atoms with Crippen molar-refractivity contribution in [2.24, 2.45) is 0 Å². The quantitative estimate of drug-likeness (QED) is 0.426. The fourth-order valence-corrected chi connectivity index (χ4v) is 6.78. The van der Waals surface area contributed by atoms with Gasteiger partial charge in [0.05, 0.1) is 40.7 Å². The lowest BCUT2D eigenvalue weighted by Gasteiger charge is -2.29. The highest BCUT2D eigenvalue weighted by Crippen LogP contribution is 2.37. The third-order valence-electron chi connectivity index (χ3n) is 6.85. The number of rotatable bonds is 5. The van der Waals surface area contributed by atoms with Gasteiger partial charge in [-0.05, 0) is 62.6 Å². The minimum absolute atomic E-state index is 0.217. The molecule has 0 fully saturated rings. The Hall–Kier alpha value is -3.67. The number of aromatic nitrogens is 3. The van der Waals surface area contributed by atoms with Crippen molar-refractivity contribution in [2.45, 2.75) is 37.9 Å². The summed E-state index contributed by atoms with van der Waals surface area (Å²) in [5.74, 6) is 0.0613. The molecule has 7 nitrogen and oxygen atoms in total. The molecule has 0 radical (unpaired) electrons. The second-order valence-electron chi connectivity index (χ2n) is 9.36. The van der Waals surface area contributed by atoms with E-state index in [1.165, 1.54) is 3.97 Å². The molecule has 4 aromatic rings. The number of nitrogens with one attached hydrogen (secondary N) is 1. The minimum atomic E-state index is -3.77. The second-order valence-corrected chi connectivity index (χ2v) is 11.6. The van der Waals surface area contributed by atoms with Gasteiger partial charge in [-0.25, -0.2) is 17.4 Å². The highest BCUT2D eigenvalue weighted by Gasteiger charge is 2.39. The molecule has 0 saturated heterocycles. The molecule has 1 aliphatic rings. The number of fused-ring (bicyclic) bond motifs is 2. The van der Waals surface area contributed by atoms with E-state index in [4.69, 9.17) is 0 Å². The van der Waals surface area contributed by atoms with Crippen LogP contribution in [0.2, 0.25) is 0 Å². The van der Waals surface area contributed by atoms with Gasteiger partial charge in [-0.2, -0.15) is 5.26 Å². The average Bonchev–Trinajstić information content (AvgIpc) is 3.45. The van der Waals surface area contributed by atoms with Crippen LogP contribution < -0.4 is 0 Å². The zero-order valence-corrected chi connectivity index (χ0v) is 20.6. The molecule has 2 atom stereocenters. The number of aliphatic hydroxyl groups is 1. The Labute approximate surface area is 204 Å². The van der Waals surface area contributed by atoms with Crippen LogP contribution in [0.25, 0.3) is 21.9 Å². The Morgan fingerprint density at radius 1 is 1.26 bits per heavy atom. The van der Waals surface area contributed by atoms with Crippen LogP contribution >= 0.6 is 0 Å². The SMILES string of the molecule is CC1=CC(C)(S(=O)(=O)n2ccc3c(C(CO)c4nc5ccc(C#N)cc5[nH]4)ccc(C)c32)CC=C1. The van der Waals surface area contributed by atoms with E-state index in [2.05, 4.69) is 16.0 Å². The van der Waals surface area contributed by atoms with E-state index in [0.29, 0.717) is 34.4 Å². The molecule has 0 aliphatic heterocycles. The summed E-state index contributed by atoms with van der Waals surface area (Å²) in [5, 5.41) is 20.3. The molecule has 2 aromatic heterocycles. The van der Waals surface area contributed by atoms with Crippen molar-refractivity contribution in [3.8, 4) is 6.07 Å². The van der Waals surface area contributed by atoms with Crippen molar-refractivity contribution >= 4 is 32.0 Å². The van der Waals surface area contributed by atoms with E-state index in [1.807, 2.05) is 44.2 Å². The lowest BCUT2D eigenvalue weighted by molar-refractivity contribution is 0.278. The van der Waals surface area contributed by atoms with Crippen LogP contribution in [0.1, 0.15) is 48.7 Å². The van der Waals surface area contributed by atoms with Gasteiger partial charge >= 0.3 is 0 Å². The number of aliphatic hydroxyl groups excluding tert-OH is 1. The molecule has 2 aromatic carbocycles. The number of hydrogen-bond acceptors (Lipinski definition) is 5. The lowest BCUT2D eigenvalue weighted by Crippen LogP contribution is -2.38. The smallest absolute Gasteiger partial charge is 0.248 e. The fraction of sp³-hybridized carbons (Fsp3) is 0.259. The van der Waals surface area contributed by atoms with Gasteiger partial charge < -0.3 is 10.1 Å². The average molecular weight is 487 g/mol. The number of benzene rings is 2. The van der Waals surface area contributed by atoms with E-state index in [9.17, 15) is 18.8 Å². The van der Waals surface area contributed by atoms with E-state index in [-0.39, 0.29) is 6.61 Å². The van der Waals surface area contributed by atoms with Crippen molar-refractivity contribution < 1.29 is 13.5 Å². The maximum atomic E-state index is 13.9. The van der Waals surface area contributed by atoms with Gasteiger partial charge in [0.25, 0.3) is 0 Å². The monoisotopic (exact) mass is 486 g/mol. The number of nitrogens with zero attached hydrogens (tertiary/aromatic N) is 3. The summed E-state index contributed by atoms with van der Waals surface area (Å²) in [6, 6.07) is 12.9. The molecular formula is C27H26N4O3S. The van der Waals surface area contributed by atoms with Gasteiger partial charge in [0.15, 0.2) is 0 Å². The Kier molecular flexibility index (Phi) is 5.42. The van der Waals surface area contributed by atoms with Crippen molar-refractivity contribution in [1.82, 2.24) is 13.9 Å². The molecule has 5 rings (SSSR count). The Morgan fingerprint density at radius 2 is 2.06 bits per heavy atom. The zero-order chi connectivity index (χ0) is 25.0. The number of allylic oxidation sites excluding steroid dienone is 3. The molecule has 2 heterocycles. The summed E-state index contributed by atoms with van der Waals surface area (Å²) < 4.78 is 28.1. The molecule has 1 aliphatic carbocycles. The van der Waals surface area contributed by atoms with Crippen molar-refractivity contribution in [2.75, 3.05) is 6.61 Å². The predicted octanol–water partition coefficient (Wildman–Crippen LogP) is 4.66. The van der Waals surface area contributed by atoms with Crippen molar-refractivity contribution in [1.29, 1.82) is 5.26 Å². The van der Waals surface area contributed by atoms with Crippen LogP contribution in [0.5, 0.6) is 0 Å². The Balaban J connectivity index is 1.66. The van der Waals surface area contributed by atoms with E-state index < -0.39 is 20.7 Å². The molecule has 0 saturated carbocycles. The highest BCUT2D eigenvalue weighted by atomic mass is 32.2. The predicted molar refractivity (Wildman–Crippen MR) is 137 cm³/mol. The van der Waals surface area contributed by atoms with Crippen LogP contribution in [-0.4, -0.2) is 38.8 Å². The van der Waals surface area contributed by atoms with Gasteiger partial charge in [0.1, 0.15) is 10.6 Å². The number of imidazole rings is 1. The summed E-state index contributed by atoms with van der Waals surface area (Å²) in [4.78, 5) is 7.88. The summed E-state index contributed by atoms with van der Waals surface area (Å²) >= 11 is 0. The number of H-pyrrole nitrogens is 1. The van der Waals surface area contributed by atoms with Crippen LogP contribution in [0, 0.1) is 18.3 Å². The molecule has 0 spiro atoms. The number of aromatic amines is 1. The highest BCUT2D eigenvalue weighted by molar-refractivity contribution is 7.91. The van der Waals surface area contributed by atoms with Crippen molar-refractivity contribution in [3.63, 3.8) is 0 Å². The second kappa shape index (κ2) is 8.22. The van der Waals surface area contributed by atoms with E-state index >= 15 is 0 Å². The topological polar surface area (TPSA) is 112 Å². The third-order valence-corrected chi connectivity index (χ3v) is 9.14. The van der Waals surface area contributed by atoms with E-state index in [1.54, 1.807) is 37.4 Å². The molecule has 178 valence electrons. The third kappa shape index (κ3) is 3.59. The molecule has 0 bridgehead atoms. The van der Waals surface area contributed by atoms with E-state index in [0.717, 1.165) is 22.1 Å². The standard InChI is InChI=1S/C27H26N4O3S/c1-17-5-4-11-27(3,14-17)35(33,34)31-12-10-21-20(8-6-18(2)25(21)31)22(16-32)26-29-23-9-7-19(15-28)13-24(23)30-26/h4-10,12-14,22,32H,11,16H2,1-3H3,(H,29,30). The number of aryl methyl sites for hydroxylation is 1. The Morgan fingerprint density at radius 3 is 2.77 bits per heavy atom. The molecule has 2 unspecified atom stereocenters. The maximum Gasteiger partial charge on any atom is 0.248 e. The van der Waals surface area contributed by atoms with Crippen LogP contribution in [0.3, 0.4) is 0 Å². The van der Waals surface area contributed by atoms with Gasteiger partial charge in [-0.1, -0.05) is 35.9 Å². The summed E-state index contributed by atoms with van der Waals surface area (Å²) in [5.41, 5.74) is 5.05. The first-order chi connectivity index (χ1) is 16.7. The van der Waals surface area contributed by atoms with Crippen LogP contribution in [0.15, 0.2) is 66.4 Å². The first kappa shape index (κ1) is 23.1. The lowest BCUT2D eigenvalue weighted by atomic mass is 9.94. The zero-order valence-electron chi connectivity index (χ0n) is 19.8. The Bertz CT molecular complexity index is 1680. The van der Waals surface area contributed by atoms with Crippen LogP contribution in [0.4, 0.5) is 0 Å². The summed E-state index contributed by atoms with van der Waals surface area (Å²) in [6.07, 6.45) is 7.66. The molecular weight excluding hydrogens is 460 g/mol. The van der Waals surface area contributed by atoms with Crippen LogP contribution in [-0.2, 0) is 10.0 Å². The van der Waals surface area contributed by atoms with Gasteiger partial charge in [0.2, 0.25) is 10.0 Å². The maximum absolute atomic E-state index is 13.9. The van der Waals surface area contributed by atoms with Gasteiger partial charge in [-0.15, -0.1) is 0 Å². The summed E-state index contributed by atoms with van der Waals surface area (Å²) in [6.45, 7) is 5.33. The fourth-order valence-electron chi connectivity index (χ4n) is 4.99. The molecule has 35 heavy (non-hydrogen) atoms. The van der Waals surface area contributed by atoms with Gasteiger partial charge in [-0.3, -0.25) is 0 Å². The summed E-state index contributed by atoms with van der Waals surface area (Å²) in [7, 11) is -3.77. The van der Waals surface area contributed by atoms with Gasteiger partial charge in [0, 0.05) is 11.6 Å². The molecule has 2 N–H and O–H groups in total. The first-order valence-electron chi connectivity index (χ1n) is 11.4. The minimum Gasteiger partial charge on any atom is -0.395 e. The number of nitriles is 1. The molecule has 0 amide bonds. The van der Waals surface area contributed by atoms with Crippen molar-refractivity contribution in [3.05, 3.63) is 88.9 Å². The largest absolute Gasteiger partial charge is 0.395 e. The molecule has 8 heteroatoms. The number of hydrogen-bond donors (Lipinski definition) is 2. The normalized spacial score (nSPS) is 19.1. The first-order valence-corrected chi connectivity index (χ1v) is 12.8.